The Kier molecular flexibility index (Phi) is 3.03. The molecule has 0 atom stereocenters. The van der Waals surface area contributed by atoms with E-state index in [4.69, 9.17) is 10.7 Å². The highest BCUT2D eigenvalue weighted by Gasteiger charge is 2.40. The lowest BCUT2D eigenvalue weighted by Gasteiger charge is -2.36. The van der Waals surface area contributed by atoms with Crippen molar-refractivity contribution in [1.29, 1.82) is 0 Å². The number of fused-ring (bicyclic) bond motifs is 1. The number of benzene rings is 1. The van der Waals surface area contributed by atoms with E-state index in [-0.39, 0.29) is 11.2 Å². The molecule has 0 spiro atoms. The fourth-order valence-corrected chi connectivity index (χ4v) is 3.91. The molecule has 112 valence electrons. The molecule has 0 unspecified atom stereocenters. The Morgan fingerprint density at radius 2 is 2.00 bits per heavy atom. The Bertz CT molecular complexity index is 666. The van der Waals surface area contributed by atoms with Crippen LogP contribution < -0.4 is 5.73 Å². The van der Waals surface area contributed by atoms with Crippen LogP contribution in [0.3, 0.4) is 0 Å². The summed E-state index contributed by atoms with van der Waals surface area (Å²) < 4.78 is 16.5. The summed E-state index contributed by atoms with van der Waals surface area (Å²) >= 11 is 0. The van der Waals surface area contributed by atoms with E-state index in [0.29, 0.717) is 18.1 Å². The predicted molar refractivity (Wildman–Crippen MR) is 81.8 cm³/mol. The van der Waals surface area contributed by atoms with Crippen LogP contribution in [0.15, 0.2) is 18.2 Å². The quantitative estimate of drug-likeness (QED) is 0.936. The first kappa shape index (κ1) is 13.3. The van der Waals surface area contributed by atoms with Crippen molar-refractivity contribution in [2.24, 2.45) is 5.73 Å². The third kappa shape index (κ3) is 2.00. The number of halogens is 1. The monoisotopic (exact) mass is 287 g/mol. The van der Waals surface area contributed by atoms with Gasteiger partial charge in [-0.2, -0.15) is 0 Å². The third-order valence-corrected chi connectivity index (χ3v) is 5.26. The van der Waals surface area contributed by atoms with Crippen molar-refractivity contribution in [1.82, 2.24) is 9.55 Å². The number of hydrogen-bond donors (Lipinski definition) is 1. The summed E-state index contributed by atoms with van der Waals surface area (Å²) in [6, 6.07) is 5.79. The molecule has 0 radical (unpaired) electrons. The van der Waals surface area contributed by atoms with Crippen molar-refractivity contribution in [3.63, 3.8) is 0 Å². The number of imidazole rings is 1. The zero-order valence-corrected chi connectivity index (χ0v) is 12.3. The normalized spacial score (nSPS) is 21.8. The molecule has 1 aromatic heterocycles. The maximum Gasteiger partial charge on any atom is 0.151 e. The minimum absolute atomic E-state index is 0.0493. The van der Waals surface area contributed by atoms with E-state index < -0.39 is 0 Å². The summed E-state index contributed by atoms with van der Waals surface area (Å²) in [5.74, 6) is 0.837. The summed E-state index contributed by atoms with van der Waals surface area (Å²) in [5, 5.41) is 0. The van der Waals surface area contributed by atoms with Gasteiger partial charge in [-0.05, 0) is 37.8 Å². The number of nitrogens with two attached hydrogens (primary N) is 1. The molecule has 2 aliphatic carbocycles. The molecule has 4 rings (SSSR count). The zero-order chi connectivity index (χ0) is 14.4. The Morgan fingerprint density at radius 1 is 1.24 bits per heavy atom. The number of para-hydroxylation sites is 1. The van der Waals surface area contributed by atoms with E-state index in [0.717, 1.165) is 24.2 Å². The van der Waals surface area contributed by atoms with Gasteiger partial charge in [-0.25, -0.2) is 9.37 Å². The molecule has 21 heavy (non-hydrogen) atoms. The molecule has 0 saturated heterocycles. The molecule has 1 heterocycles. The number of nitrogens with zero attached hydrogens (tertiary/aromatic N) is 2. The average Bonchev–Trinajstić information content (AvgIpc) is 3.28. The molecule has 1 aromatic carbocycles. The maximum absolute atomic E-state index is 14.2. The van der Waals surface area contributed by atoms with Crippen molar-refractivity contribution < 1.29 is 4.39 Å². The minimum atomic E-state index is -0.212. The van der Waals surface area contributed by atoms with Crippen LogP contribution in [-0.4, -0.2) is 16.1 Å². The fraction of sp³-hybridized carbons (Fsp3) is 0.588. The Balaban J connectivity index is 1.94. The summed E-state index contributed by atoms with van der Waals surface area (Å²) in [6.07, 6.45) is 8.20. The Morgan fingerprint density at radius 3 is 2.67 bits per heavy atom. The predicted octanol–water partition coefficient (Wildman–Crippen LogP) is 3.67. The van der Waals surface area contributed by atoms with Crippen LogP contribution in [0.25, 0.3) is 11.0 Å². The summed E-state index contributed by atoms with van der Waals surface area (Å²) in [4.78, 5) is 4.75. The van der Waals surface area contributed by atoms with Gasteiger partial charge in [-0.1, -0.05) is 25.3 Å². The summed E-state index contributed by atoms with van der Waals surface area (Å²) in [5.41, 5.74) is 7.60. The van der Waals surface area contributed by atoms with Crippen LogP contribution in [-0.2, 0) is 5.41 Å². The Hall–Kier alpha value is -1.42. The molecule has 2 fully saturated rings. The van der Waals surface area contributed by atoms with Crippen LogP contribution in [0.5, 0.6) is 0 Å². The second-order valence-corrected chi connectivity index (χ2v) is 6.69. The molecule has 2 aliphatic rings. The van der Waals surface area contributed by atoms with E-state index >= 15 is 0 Å². The molecule has 0 aliphatic heterocycles. The van der Waals surface area contributed by atoms with Crippen molar-refractivity contribution in [3.05, 3.63) is 29.8 Å². The van der Waals surface area contributed by atoms with Gasteiger partial charge in [0.25, 0.3) is 0 Å². The molecule has 0 amide bonds. The first-order valence-corrected chi connectivity index (χ1v) is 8.12. The first-order valence-electron chi connectivity index (χ1n) is 8.12. The lowest BCUT2D eigenvalue weighted by Crippen LogP contribution is -2.39. The van der Waals surface area contributed by atoms with Gasteiger partial charge < -0.3 is 10.3 Å². The molecular weight excluding hydrogens is 265 g/mol. The van der Waals surface area contributed by atoms with Crippen LogP contribution in [0.1, 0.15) is 56.8 Å². The second kappa shape index (κ2) is 4.80. The second-order valence-electron chi connectivity index (χ2n) is 6.69. The zero-order valence-electron chi connectivity index (χ0n) is 12.3. The van der Waals surface area contributed by atoms with Gasteiger partial charge in [-0.3, -0.25) is 0 Å². The molecule has 2 aromatic rings. The van der Waals surface area contributed by atoms with Gasteiger partial charge in [0, 0.05) is 18.0 Å². The number of rotatable bonds is 3. The molecule has 2 N–H and O–H groups in total. The lowest BCUT2D eigenvalue weighted by atomic mass is 9.73. The molecule has 4 heteroatoms. The van der Waals surface area contributed by atoms with Crippen molar-refractivity contribution in [2.75, 3.05) is 6.54 Å². The highest BCUT2D eigenvalue weighted by molar-refractivity contribution is 5.77. The SMILES string of the molecule is NCC1(c2nc3c(F)cccc3n2C2CC2)CCCCC1. The third-order valence-electron chi connectivity index (χ3n) is 5.26. The average molecular weight is 287 g/mol. The van der Waals surface area contributed by atoms with Crippen LogP contribution in [0, 0.1) is 5.82 Å². The van der Waals surface area contributed by atoms with E-state index in [1.54, 1.807) is 6.07 Å². The van der Waals surface area contributed by atoms with Crippen molar-refractivity contribution in [2.45, 2.75) is 56.4 Å². The topological polar surface area (TPSA) is 43.8 Å². The van der Waals surface area contributed by atoms with E-state index in [1.165, 1.54) is 38.2 Å². The molecule has 0 bridgehead atoms. The minimum Gasteiger partial charge on any atom is -0.329 e. The van der Waals surface area contributed by atoms with Crippen LogP contribution in [0.4, 0.5) is 4.39 Å². The fourth-order valence-electron chi connectivity index (χ4n) is 3.91. The lowest BCUT2D eigenvalue weighted by molar-refractivity contribution is 0.278. The van der Waals surface area contributed by atoms with Gasteiger partial charge in [0.1, 0.15) is 11.3 Å². The molecular formula is C17H22FN3. The standard InChI is InChI=1S/C17H22FN3/c18-13-5-4-6-14-15(13)20-16(21(14)12-7-8-12)17(11-19)9-2-1-3-10-17/h4-6,12H,1-3,7-11,19H2. The van der Waals surface area contributed by atoms with Gasteiger partial charge in [-0.15, -0.1) is 0 Å². The smallest absolute Gasteiger partial charge is 0.151 e. The first-order chi connectivity index (χ1) is 10.2. The molecule has 2 saturated carbocycles. The molecule has 3 nitrogen and oxygen atoms in total. The van der Waals surface area contributed by atoms with Crippen molar-refractivity contribution >= 4 is 11.0 Å². The van der Waals surface area contributed by atoms with E-state index in [1.807, 2.05) is 6.07 Å². The summed E-state index contributed by atoms with van der Waals surface area (Å²) in [7, 11) is 0. The van der Waals surface area contributed by atoms with Gasteiger partial charge in [0.2, 0.25) is 0 Å². The van der Waals surface area contributed by atoms with Crippen LogP contribution in [0.2, 0.25) is 0 Å². The number of aromatic nitrogens is 2. The van der Waals surface area contributed by atoms with Gasteiger partial charge in [0.05, 0.1) is 5.52 Å². The highest BCUT2D eigenvalue weighted by atomic mass is 19.1. The van der Waals surface area contributed by atoms with E-state index in [2.05, 4.69) is 4.57 Å². The van der Waals surface area contributed by atoms with Gasteiger partial charge in [0.15, 0.2) is 5.82 Å². The van der Waals surface area contributed by atoms with Gasteiger partial charge >= 0.3 is 0 Å². The van der Waals surface area contributed by atoms with Crippen LogP contribution >= 0.6 is 0 Å². The summed E-state index contributed by atoms with van der Waals surface area (Å²) in [6.45, 7) is 0.616. The number of hydrogen-bond acceptors (Lipinski definition) is 2. The Labute approximate surface area is 124 Å². The van der Waals surface area contributed by atoms with E-state index in [9.17, 15) is 4.39 Å². The maximum atomic E-state index is 14.2. The highest BCUT2D eigenvalue weighted by Crippen LogP contribution is 2.45. The van der Waals surface area contributed by atoms with Crippen molar-refractivity contribution in [3.8, 4) is 0 Å². The largest absolute Gasteiger partial charge is 0.329 e.